The maximum atomic E-state index is 10.5. The third kappa shape index (κ3) is 6.23. The third-order valence-electron chi connectivity index (χ3n) is 4.61. The number of aliphatic imine (C=N–C) groups is 1. The van der Waals surface area contributed by atoms with Crippen molar-refractivity contribution in [3.8, 4) is 11.5 Å². The van der Waals surface area contributed by atoms with Gasteiger partial charge in [0.1, 0.15) is 6.10 Å². The zero-order valence-corrected chi connectivity index (χ0v) is 20.5. The molecule has 0 fully saturated rings. The first-order valence-corrected chi connectivity index (χ1v) is 10.3. The lowest BCUT2D eigenvalue weighted by Crippen LogP contribution is -2.40. The number of methoxy groups -OCH3 is 2. The van der Waals surface area contributed by atoms with Crippen LogP contribution < -0.4 is 20.1 Å². The average molecular weight is 541 g/mol. The van der Waals surface area contributed by atoms with Gasteiger partial charge in [0.2, 0.25) is 0 Å². The molecule has 0 aliphatic carbocycles. The lowest BCUT2D eigenvalue weighted by molar-refractivity contribution is 0.184. The molecule has 0 amide bonds. The molecule has 0 saturated carbocycles. The number of benzene rings is 2. The van der Waals surface area contributed by atoms with Crippen molar-refractivity contribution < 1.29 is 14.6 Å². The smallest absolute Gasteiger partial charge is 0.191 e. The number of hydrogen-bond acceptors (Lipinski definition) is 5. The molecule has 162 valence electrons. The standard InChI is InChI=1S/C22H27N3O3S.HI/c1-23-22(24-11-10-15-8-9-18(27-2)19(12-15)28-3)25-14-17(26)21-13-16-6-4-5-7-20(16)29-21;/h4-9,12-13,17,26H,10-11,14H2,1-3H3,(H2,23,24,25);1H. The number of guanidine groups is 1. The van der Waals surface area contributed by atoms with Gasteiger partial charge in [0.25, 0.3) is 0 Å². The number of nitrogens with zero attached hydrogens (tertiary/aromatic N) is 1. The quantitative estimate of drug-likeness (QED) is 0.229. The summed E-state index contributed by atoms with van der Waals surface area (Å²) in [4.78, 5) is 5.17. The van der Waals surface area contributed by atoms with Crippen LogP contribution in [0.15, 0.2) is 53.5 Å². The number of aliphatic hydroxyl groups is 1. The predicted octanol–water partition coefficient (Wildman–Crippen LogP) is 3.98. The van der Waals surface area contributed by atoms with Crippen LogP contribution in [0.1, 0.15) is 16.5 Å². The van der Waals surface area contributed by atoms with Crippen molar-refractivity contribution >= 4 is 51.4 Å². The molecule has 30 heavy (non-hydrogen) atoms. The van der Waals surface area contributed by atoms with E-state index in [-0.39, 0.29) is 24.0 Å². The Morgan fingerprint density at radius 1 is 1.07 bits per heavy atom. The molecule has 8 heteroatoms. The topological polar surface area (TPSA) is 75.1 Å². The summed E-state index contributed by atoms with van der Waals surface area (Å²) in [6, 6.07) is 16.1. The zero-order chi connectivity index (χ0) is 20.6. The number of hydrogen-bond donors (Lipinski definition) is 3. The second kappa shape index (κ2) is 12.0. The molecule has 3 aromatic rings. The Bertz CT molecular complexity index is 944. The molecule has 0 aliphatic heterocycles. The van der Waals surface area contributed by atoms with Gasteiger partial charge in [-0.05, 0) is 41.6 Å². The molecule has 0 radical (unpaired) electrons. The molecule has 3 rings (SSSR count). The van der Waals surface area contributed by atoms with Gasteiger partial charge in [-0.15, -0.1) is 35.3 Å². The molecular weight excluding hydrogens is 513 g/mol. The van der Waals surface area contributed by atoms with Crippen molar-refractivity contribution in [2.45, 2.75) is 12.5 Å². The van der Waals surface area contributed by atoms with Crippen LogP contribution in [-0.4, -0.2) is 45.4 Å². The van der Waals surface area contributed by atoms with Gasteiger partial charge in [-0.1, -0.05) is 24.3 Å². The Kier molecular flexibility index (Phi) is 9.67. The van der Waals surface area contributed by atoms with Gasteiger partial charge in [0.15, 0.2) is 17.5 Å². The van der Waals surface area contributed by atoms with E-state index in [9.17, 15) is 5.11 Å². The zero-order valence-electron chi connectivity index (χ0n) is 17.3. The van der Waals surface area contributed by atoms with Crippen molar-refractivity contribution in [1.82, 2.24) is 10.6 Å². The van der Waals surface area contributed by atoms with Crippen LogP contribution >= 0.6 is 35.3 Å². The monoisotopic (exact) mass is 541 g/mol. The number of thiophene rings is 1. The minimum atomic E-state index is -0.586. The average Bonchev–Trinajstić information content (AvgIpc) is 3.20. The second-order valence-electron chi connectivity index (χ2n) is 6.52. The highest BCUT2D eigenvalue weighted by Gasteiger charge is 2.12. The maximum absolute atomic E-state index is 10.5. The van der Waals surface area contributed by atoms with Crippen LogP contribution in [0.25, 0.3) is 10.1 Å². The fourth-order valence-corrected chi connectivity index (χ4v) is 4.09. The van der Waals surface area contributed by atoms with Crippen molar-refractivity contribution in [1.29, 1.82) is 0 Å². The number of aliphatic hydroxyl groups excluding tert-OH is 1. The van der Waals surface area contributed by atoms with Crippen LogP contribution in [0.3, 0.4) is 0 Å². The Morgan fingerprint density at radius 2 is 1.83 bits per heavy atom. The van der Waals surface area contributed by atoms with Crippen molar-refractivity contribution in [2.24, 2.45) is 4.99 Å². The van der Waals surface area contributed by atoms with Gasteiger partial charge < -0.3 is 25.2 Å². The summed E-state index contributed by atoms with van der Waals surface area (Å²) in [5, 5.41) is 18.1. The summed E-state index contributed by atoms with van der Waals surface area (Å²) in [6.45, 7) is 1.09. The summed E-state index contributed by atoms with van der Waals surface area (Å²) in [7, 11) is 4.98. The van der Waals surface area contributed by atoms with Crippen molar-refractivity contribution in [3.05, 3.63) is 59.0 Å². The molecule has 1 atom stereocenters. The molecule has 6 nitrogen and oxygen atoms in total. The van der Waals surface area contributed by atoms with Crippen LogP contribution in [0.5, 0.6) is 11.5 Å². The number of halogens is 1. The summed E-state index contributed by atoms with van der Waals surface area (Å²) in [6.07, 6.45) is 0.219. The number of rotatable bonds is 8. The Hall–Kier alpha value is -2.04. The fraction of sp³-hybridized carbons (Fsp3) is 0.318. The first kappa shape index (κ1) is 24.2. The van der Waals surface area contributed by atoms with Gasteiger partial charge in [-0.2, -0.15) is 0 Å². The van der Waals surface area contributed by atoms with Gasteiger partial charge in [-0.25, -0.2) is 0 Å². The molecule has 0 spiro atoms. The second-order valence-corrected chi connectivity index (χ2v) is 7.64. The Balaban J connectivity index is 0.00000320. The van der Waals surface area contributed by atoms with E-state index in [1.54, 1.807) is 32.6 Å². The molecule has 0 aliphatic rings. The first-order valence-electron chi connectivity index (χ1n) is 9.46. The van der Waals surface area contributed by atoms with Crippen LogP contribution in [0, 0.1) is 0 Å². The van der Waals surface area contributed by atoms with E-state index in [4.69, 9.17) is 9.47 Å². The largest absolute Gasteiger partial charge is 0.493 e. The predicted molar refractivity (Wildman–Crippen MR) is 135 cm³/mol. The van der Waals surface area contributed by atoms with Crippen LogP contribution in [0.4, 0.5) is 0 Å². The summed E-state index contributed by atoms with van der Waals surface area (Å²) < 4.78 is 11.8. The SMILES string of the molecule is CN=C(NCCc1ccc(OC)c(OC)c1)NCC(O)c1cc2ccccc2s1.I. The van der Waals surface area contributed by atoms with E-state index in [1.165, 1.54) is 4.70 Å². The van der Waals surface area contributed by atoms with Crippen LogP contribution in [-0.2, 0) is 6.42 Å². The normalized spacial score (nSPS) is 12.2. The van der Waals surface area contributed by atoms with E-state index in [0.29, 0.717) is 19.0 Å². The Labute approximate surface area is 198 Å². The molecule has 0 saturated heterocycles. The van der Waals surface area contributed by atoms with E-state index in [0.717, 1.165) is 33.7 Å². The minimum Gasteiger partial charge on any atom is -0.493 e. The van der Waals surface area contributed by atoms with E-state index >= 15 is 0 Å². The Morgan fingerprint density at radius 3 is 2.53 bits per heavy atom. The first-order chi connectivity index (χ1) is 14.1. The van der Waals surface area contributed by atoms with Gasteiger partial charge in [0.05, 0.1) is 14.2 Å². The third-order valence-corrected chi connectivity index (χ3v) is 5.83. The lowest BCUT2D eigenvalue weighted by atomic mass is 10.1. The van der Waals surface area contributed by atoms with Crippen molar-refractivity contribution in [2.75, 3.05) is 34.4 Å². The summed E-state index contributed by atoms with van der Waals surface area (Å²) in [5.41, 5.74) is 1.14. The fourth-order valence-electron chi connectivity index (χ4n) is 3.04. The van der Waals surface area contributed by atoms with E-state index in [2.05, 4.69) is 27.8 Å². The van der Waals surface area contributed by atoms with Crippen LogP contribution in [0.2, 0.25) is 0 Å². The van der Waals surface area contributed by atoms with Crippen molar-refractivity contribution in [3.63, 3.8) is 0 Å². The molecule has 1 aromatic heterocycles. The number of ether oxygens (including phenoxy) is 2. The van der Waals surface area contributed by atoms with Gasteiger partial charge >= 0.3 is 0 Å². The number of fused-ring (bicyclic) bond motifs is 1. The minimum absolute atomic E-state index is 0. The molecular formula is C22H28IN3O3S. The molecule has 1 unspecified atom stereocenters. The van der Waals surface area contributed by atoms with Gasteiger partial charge in [-0.3, -0.25) is 4.99 Å². The highest BCUT2D eigenvalue weighted by molar-refractivity contribution is 14.0. The van der Waals surface area contributed by atoms with E-state index in [1.807, 2.05) is 36.4 Å². The molecule has 3 N–H and O–H groups in total. The molecule has 2 aromatic carbocycles. The lowest BCUT2D eigenvalue weighted by Gasteiger charge is -2.15. The highest BCUT2D eigenvalue weighted by atomic mass is 127. The highest BCUT2D eigenvalue weighted by Crippen LogP contribution is 2.29. The number of nitrogens with one attached hydrogen (secondary N) is 2. The molecule has 0 bridgehead atoms. The van der Waals surface area contributed by atoms with Gasteiger partial charge in [0, 0.05) is 29.7 Å². The molecule has 1 heterocycles. The van der Waals surface area contributed by atoms with E-state index < -0.39 is 6.10 Å². The maximum Gasteiger partial charge on any atom is 0.191 e. The summed E-state index contributed by atoms with van der Waals surface area (Å²) in [5.74, 6) is 2.10. The summed E-state index contributed by atoms with van der Waals surface area (Å²) >= 11 is 1.61.